The van der Waals surface area contributed by atoms with E-state index in [0.717, 1.165) is 5.56 Å². The Morgan fingerprint density at radius 1 is 1.14 bits per heavy atom. The van der Waals surface area contributed by atoms with Crippen molar-refractivity contribution < 1.29 is 29.9 Å². The third kappa shape index (κ3) is 3.64. The van der Waals surface area contributed by atoms with Crippen LogP contribution in [0.4, 0.5) is 0 Å². The molecule has 1 saturated heterocycles. The summed E-state index contributed by atoms with van der Waals surface area (Å²) in [5.74, 6) is 0. The molecule has 1 fully saturated rings. The summed E-state index contributed by atoms with van der Waals surface area (Å²) in [6, 6.07) is 8.80. The van der Waals surface area contributed by atoms with E-state index >= 15 is 0 Å². The maximum atomic E-state index is 10.0. The molecule has 0 amide bonds. The molecule has 0 saturated carbocycles. The number of nitrogens with two attached hydrogens (primary N) is 1. The molecule has 0 bridgehead atoms. The molecule has 7 atom stereocenters. The number of ether oxygens (including phenoxy) is 2. The molecule has 7 heteroatoms. The van der Waals surface area contributed by atoms with Crippen molar-refractivity contribution in [2.75, 3.05) is 6.61 Å². The van der Waals surface area contributed by atoms with Crippen LogP contribution in [-0.4, -0.2) is 63.8 Å². The molecule has 6 N–H and O–H groups in total. The maximum absolute atomic E-state index is 10.0. The van der Waals surface area contributed by atoms with E-state index in [4.69, 9.17) is 15.2 Å². The summed E-state index contributed by atoms with van der Waals surface area (Å²) in [5.41, 5.74) is 6.74. The molecule has 124 valence electrons. The highest BCUT2D eigenvalue weighted by atomic mass is 16.7. The van der Waals surface area contributed by atoms with Crippen LogP contribution in [0.2, 0.25) is 0 Å². The zero-order chi connectivity index (χ0) is 16.3. The van der Waals surface area contributed by atoms with Gasteiger partial charge in [-0.1, -0.05) is 30.3 Å². The van der Waals surface area contributed by atoms with Gasteiger partial charge in [-0.3, -0.25) is 0 Å². The molecule has 1 aliphatic heterocycles. The summed E-state index contributed by atoms with van der Waals surface area (Å²) >= 11 is 0. The molecule has 1 aliphatic rings. The lowest BCUT2D eigenvalue weighted by Crippen LogP contribution is -2.59. The first-order chi connectivity index (χ1) is 10.5. The Labute approximate surface area is 128 Å². The first-order valence-corrected chi connectivity index (χ1v) is 7.22. The Bertz CT molecular complexity index is 455. The van der Waals surface area contributed by atoms with Crippen molar-refractivity contribution in [3.8, 4) is 0 Å². The molecule has 2 unspecified atom stereocenters. The van der Waals surface area contributed by atoms with Gasteiger partial charge in [0.15, 0.2) is 6.29 Å². The second kappa shape index (κ2) is 7.47. The predicted molar refractivity (Wildman–Crippen MR) is 77.7 cm³/mol. The molecule has 7 nitrogen and oxygen atoms in total. The van der Waals surface area contributed by atoms with E-state index in [1.807, 2.05) is 30.3 Å². The first-order valence-electron chi connectivity index (χ1n) is 7.22. The maximum Gasteiger partial charge on any atom is 0.187 e. The van der Waals surface area contributed by atoms with Crippen molar-refractivity contribution in [3.05, 3.63) is 35.9 Å². The van der Waals surface area contributed by atoms with Gasteiger partial charge in [-0.25, -0.2) is 0 Å². The van der Waals surface area contributed by atoms with Crippen LogP contribution < -0.4 is 5.73 Å². The smallest absolute Gasteiger partial charge is 0.187 e. The van der Waals surface area contributed by atoms with Crippen LogP contribution in [0, 0.1) is 0 Å². The number of benzene rings is 1. The molecule has 0 aliphatic carbocycles. The average Bonchev–Trinajstić information content (AvgIpc) is 2.52. The molecule has 2 rings (SSSR count). The zero-order valence-corrected chi connectivity index (χ0v) is 12.3. The summed E-state index contributed by atoms with van der Waals surface area (Å²) in [5, 5.41) is 38.8. The van der Waals surface area contributed by atoms with Gasteiger partial charge in [-0.05, 0) is 12.5 Å². The van der Waals surface area contributed by atoms with Crippen LogP contribution in [0.1, 0.15) is 18.6 Å². The highest BCUT2D eigenvalue weighted by Crippen LogP contribution is 2.28. The minimum atomic E-state index is -1.47. The minimum absolute atomic E-state index is 0.394. The Kier molecular flexibility index (Phi) is 5.87. The van der Waals surface area contributed by atoms with Gasteiger partial charge < -0.3 is 35.6 Å². The Morgan fingerprint density at radius 2 is 1.77 bits per heavy atom. The number of aliphatic hydroxyl groups excluding tert-OH is 4. The van der Waals surface area contributed by atoms with Crippen molar-refractivity contribution in [2.24, 2.45) is 5.73 Å². The van der Waals surface area contributed by atoms with Crippen molar-refractivity contribution in [2.45, 2.75) is 49.8 Å². The monoisotopic (exact) mass is 313 g/mol. The van der Waals surface area contributed by atoms with Gasteiger partial charge in [0.2, 0.25) is 0 Å². The normalized spacial score (nSPS) is 35.1. The Hall–Kier alpha value is -1.06. The Balaban J connectivity index is 2.15. The lowest BCUT2D eigenvalue weighted by molar-refractivity contribution is -0.313. The molecule has 1 aromatic carbocycles. The van der Waals surface area contributed by atoms with Crippen LogP contribution in [0.5, 0.6) is 0 Å². The summed E-state index contributed by atoms with van der Waals surface area (Å²) in [6.45, 7) is 1.25. The van der Waals surface area contributed by atoms with Crippen molar-refractivity contribution in [1.82, 2.24) is 0 Å². The SMILES string of the molecule is CC(N)C(O[C@@H]1O[C@H](CO)[C@H](O)[C@H](O)[C@H]1O)c1ccccc1. The van der Waals surface area contributed by atoms with E-state index in [0.29, 0.717) is 0 Å². The highest BCUT2D eigenvalue weighted by molar-refractivity contribution is 5.19. The Morgan fingerprint density at radius 3 is 2.32 bits per heavy atom. The molecule has 1 aromatic rings. The van der Waals surface area contributed by atoms with Crippen molar-refractivity contribution in [1.29, 1.82) is 0 Å². The van der Waals surface area contributed by atoms with E-state index in [9.17, 15) is 20.4 Å². The van der Waals surface area contributed by atoms with Crippen molar-refractivity contribution in [3.63, 3.8) is 0 Å². The zero-order valence-electron chi connectivity index (χ0n) is 12.3. The van der Waals surface area contributed by atoms with Gasteiger partial charge in [0.1, 0.15) is 30.5 Å². The van der Waals surface area contributed by atoms with Gasteiger partial charge in [0.25, 0.3) is 0 Å². The summed E-state index contributed by atoms with van der Waals surface area (Å²) in [6.07, 6.45) is -7.10. The van der Waals surface area contributed by atoms with E-state index in [-0.39, 0.29) is 0 Å². The number of aliphatic hydroxyl groups is 4. The van der Waals surface area contributed by atoms with Gasteiger partial charge in [0.05, 0.1) is 6.61 Å². The van der Waals surface area contributed by atoms with Crippen LogP contribution in [0.15, 0.2) is 30.3 Å². The summed E-state index contributed by atoms with van der Waals surface area (Å²) in [4.78, 5) is 0. The predicted octanol–water partition coefficient (Wildman–Crippen LogP) is -1.11. The van der Waals surface area contributed by atoms with Gasteiger partial charge in [-0.15, -0.1) is 0 Å². The van der Waals surface area contributed by atoms with Gasteiger partial charge in [-0.2, -0.15) is 0 Å². The first kappa shape index (κ1) is 17.3. The average molecular weight is 313 g/mol. The third-order valence-electron chi connectivity index (χ3n) is 3.73. The van der Waals surface area contributed by atoms with E-state index in [1.165, 1.54) is 0 Å². The fraction of sp³-hybridized carbons (Fsp3) is 0.600. The molecular weight excluding hydrogens is 290 g/mol. The number of rotatable bonds is 5. The third-order valence-corrected chi connectivity index (χ3v) is 3.73. The van der Waals surface area contributed by atoms with Gasteiger partial charge in [0, 0.05) is 6.04 Å². The largest absolute Gasteiger partial charge is 0.394 e. The molecule has 1 heterocycles. The fourth-order valence-corrected chi connectivity index (χ4v) is 2.47. The molecular formula is C15H23NO6. The number of hydrogen-bond acceptors (Lipinski definition) is 7. The molecule has 22 heavy (non-hydrogen) atoms. The van der Waals surface area contributed by atoms with E-state index in [1.54, 1.807) is 6.92 Å². The van der Waals surface area contributed by atoms with Crippen LogP contribution in [-0.2, 0) is 9.47 Å². The minimum Gasteiger partial charge on any atom is -0.394 e. The second-order valence-corrected chi connectivity index (χ2v) is 5.52. The summed E-state index contributed by atoms with van der Waals surface area (Å²) < 4.78 is 11.1. The molecule has 0 spiro atoms. The van der Waals surface area contributed by atoms with Crippen LogP contribution >= 0.6 is 0 Å². The molecule has 0 aromatic heterocycles. The second-order valence-electron chi connectivity index (χ2n) is 5.52. The van der Waals surface area contributed by atoms with E-state index < -0.39 is 49.5 Å². The molecule has 0 radical (unpaired) electrons. The lowest BCUT2D eigenvalue weighted by atomic mass is 9.98. The lowest BCUT2D eigenvalue weighted by Gasteiger charge is -2.41. The van der Waals surface area contributed by atoms with Crippen molar-refractivity contribution >= 4 is 0 Å². The topological polar surface area (TPSA) is 125 Å². The van der Waals surface area contributed by atoms with Crippen LogP contribution in [0.3, 0.4) is 0 Å². The highest BCUT2D eigenvalue weighted by Gasteiger charge is 2.45. The van der Waals surface area contributed by atoms with Crippen LogP contribution in [0.25, 0.3) is 0 Å². The summed E-state index contributed by atoms with van der Waals surface area (Å²) in [7, 11) is 0. The quantitative estimate of drug-likeness (QED) is 0.467. The van der Waals surface area contributed by atoms with E-state index in [2.05, 4.69) is 0 Å². The van der Waals surface area contributed by atoms with Gasteiger partial charge >= 0.3 is 0 Å². The number of hydrogen-bond donors (Lipinski definition) is 5. The standard InChI is InChI=1S/C15H23NO6/c1-8(16)14(9-5-3-2-4-6-9)22-15-13(20)12(19)11(18)10(7-17)21-15/h2-6,8,10-15,17-20H,7,16H2,1H3/t8?,10-,11+,12+,13-,14?,15+/m1/s1. The fourth-order valence-electron chi connectivity index (χ4n) is 2.47.